The SMILES string of the molecule is CC1CCN(C(=O)C(C)OC(=O)c2cc3c(cc2[N+](=O)[O-])OCCO3)CC1. The number of carbonyl (C=O) groups is 2. The molecule has 0 N–H and O–H groups in total. The van der Waals surface area contributed by atoms with E-state index < -0.39 is 22.7 Å². The number of carbonyl (C=O) groups excluding carboxylic acids is 2. The summed E-state index contributed by atoms with van der Waals surface area (Å²) in [5.41, 5.74) is -0.716. The van der Waals surface area contributed by atoms with Crippen LogP contribution in [0.1, 0.15) is 37.0 Å². The van der Waals surface area contributed by atoms with Gasteiger partial charge in [-0.25, -0.2) is 4.79 Å². The van der Waals surface area contributed by atoms with E-state index in [2.05, 4.69) is 6.92 Å². The first-order valence-corrected chi connectivity index (χ1v) is 8.94. The highest BCUT2D eigenvalue weighted by Gasteiger charge is 2.31. The van der Waals surface area contributed by atoms with Gasteiger partial charge in [-0.2, -0.15) is 0 Å². The average Bonchev–Trinajstić information content (AvgIpc) is 2.66. The van der Waals surface area contributed by atoms with Crippen molar-refractivity contribution in [3.05, 3.63) is 27.8 Å². The first kappa shape index (κ1) is 18.9. The fourth-order valence-corrected chi connectivity index (χ4v) is 3.15. The number of hydrogen-bond acceptors (Lipinski definition) is 7. The van der Waals surface area contributed by atoms with Crippen molar-refractivity contribution in [1.82, 2.24) is 4.90 Å². The third-order valence-corrected chi connectivity index (χ3v) is 4.80. The number of nitro groups is 1. The van der Waals surface area contributed by atoms with E-state index in [-0.39, 0.29) is 36.2 Å². The molecule has 1 unspecified atom stereocenters. The Hall–Kier alpha value is -2.84. The van der Waals surface area contributed by atoms with Crippen molar-refractivity contribution in [2.24, 2.45) is 5.92 Å². The molecular weight excluding hydrogens is 356 g/mol. The Labute approximate surface area is 156 Å². The van der Waals surface area contributed by atoms with Gasteiger partial charge in [0.15, 0.2) is 17.6 Å². The minimum absolute atomic E-state index is 0.205. The third-order valence-electron chi connectivity index (χ3n) is 4.80. The lowest BCUT2D eigenvalue weighted by Crippen LogP contribution is -2.44. The Morgan fingerprint density at radius 2 is 1.81 bits per heavy atom. The summed E-state index contributed by atoms with van der Waals surface area (Å²) in [6.45, 7) is 5.39. The second kappa shape index (κ2) is 7.81. The zero-order valence-electron chi connectivity index (χ0n) is 15.3. The largest absolute Gasteiger partial charge is 0.486 e. The van der Waals surface area contributed by atoms with Gasteiger partial charge < -0.3 is 19.1 Å². The van der Waals surface area contributed by atoms with Gasteiger partial charge in [-0.05, 0) is 25.7 Å². The number of likely N-dealkylation sites (tertiary alicyclic amines) is 1. The van der Waals surface area contributed by atoms with Gasteiger partial charge in [0.25, 0.3) is 11.6 Å². The van der Waals surface area contributed by atoms with E-state index in [0.29, 0.717) is 19.0 Å². The highest BCUT2D eigenvalue weighted by molar-refractivity contribution is 5.96. The molecule has 2 aliphatic heterocycles. The topological polar surface area (TPSA) is 108 Å². The van der Waals surface area contributed by atoms with Crippen LogP contribution in [0.25, 0.3) is 0 Å². The van der Waals surface area contributed by atoms with Crippen molar-refractivity contribution in [2.45, 2.75) is 32.8 Å². The van der Waals surface area contributed by atoms with Gasteiger partial charge in [-0.15, -0.1) is 0 Å². The normalized spacial score (nSPS) is 17.9. The number of esters is 1. The number of hydrogen-bond donors (Lipinski definition) is 0. The summed E-state index contributed by atoms with van der Waals surface area (Å²) in [5.74, 6) is -0.230. The standard InChI is InChI=1S/C18H22N2O7/c1-11-3-5-19(6-4-11)17(21)12(2)27-18(22)13-9-15-16(26-8-7-25-15)10-14(13)20(23)24/h9-12H,3-8H2,1-2H3. The Kier molecular flexibility index (Phi) is 5.48. The molecule has 1 saturated heterocycles. The minimum Gasteiger partial charge on any atom is -0.486 e. The molecule has 0 radical (unpaired) electrons. The maximum absolute atomic E-state index is 12.5. The highest BCUT2D eigenvalue weighted by Crippen LogP contribution is 2.37. The third kappa shape index (κ3) is 4.12. The lowest BCUT2D eigenvalue weighted by Gasteiger charge is -2.31. The highest BCUT2D eigenvalue weighted by atomic mass is 16.6. The van der Waals surface area contributed by atoms with Crippen molar-refractivity contribution >= 4 is 17.6 Å². The van der Waals surface area contributed by atoms with Gasteiger partial charge in [0.05, 0.1) is 11.0 Å². The molecule has 1 amide bonds. The maximum Gasteiger partial charge on any atom is 0.346 e. The van der Waals surface area contributed by atoms with E-state index in [0.717, 1.165) is 18.9 Å². The predicted octanol–water partition coefficient (Wildman–Crippen LogP) is 2.17. The van der Waals surface area contributed by atoms with Crippen molar-refractivity contribution in [3.63, 3.8) is 0 Å². The van der Waals surface area contributed by atoms with Gasteiger partial charge in [0.1, 0.15) is 18.8 Å². The van der Waals surface area contributed by atoms with E-state index in [9.17, 15) is 19.7 Å². The Morgan fingerprint density at radius 3 is 2.41 bits per heavy atom. The van der Waals surface area contributed by atoms with Crippen LogP contribution in [0.5, 0.6) is 11.5 Å². The summed E-state index contributed by atoms with van der Waals surface area (Å²) in [6, 6.07) is 2.37. The number of piperidine rings is 1. The van der Waals surface area contributed by atoms with E-state index in [4.69, 9.17) is 14.2 Å². The number of nitrogens with zero attached hydrogens (tertiary/aromatic N) is 2. The van der Waals surface area contributed by atoms with E-state index in [1.165, 1.54) is 13.0 Å². The van der Waals surface area contributed by atoms with Crippen LogP contribution in [0, 0.1) is 16.0 Å². The van der Waals surface area contributed by atoms with E-state index in [1.807, 2.05) is 0 Å². The lowest BCUT2D eigenvalue weighted by atomic mass is 9.99. The van der Waals surface area contributed by atoms with Crippen LogP contribution in [0.4, 0.5) is 5.69 Å². The molecule has 0 bridgehead atoms. The lowest BCUT2D eigenvalue weighted by molar-refractivity contribution is -0.385. The molecule has 146 valence electrons. The van der Waals surface area contributed by atoms with Crippen LogP contribution in [-0.4, -0.2) is 54.1 Å². The quantitative estimate of drug-likeness (QED) is 0.449. The second-order valence-electron chi connectivity index (χ2n) is 6.83. The molecule has 1 fully saturated rings. The molecule has 2 heterocycles. The molecular formula is C18H22N2O7. The Balaban J connectivity index is 1.75. The molecule has 0 spiro atoms. The van der Waals surface area contributed by atoms with E-state index >= 15 is 0 Å². The maximum atomic E-state index is 12.5. The summed E-state index contributed by atoms with van der Waals surface area (Å²) in [7, 11) is 0. The monoisotopic (exact) mass is 378 g/mol. The smallest absolute Gasteiger partial charge is 0.346 e. The molecule has 3 rings (SSSR count). The molecule has 0 saturated carbocycles. The summed E-state index contributed by atoms with van der Waals surface area (Å²) in [4.78, 5) is 37.3. The van der Waals surface area contributed by atoms with Crippen molar-refractivity contribution < 1.29 is 28.7 Å². The van der Waals surface area contributed by atoms with Crippen LogP contribution in [-0.2, 0) is 9.53 Å². The van der Waals surface area contributed by atoms with Crippen molar-refractivity contribution in [2.75, 3.05) is 26.3 Å². The van der Waals surface area contributed by atoms with Crippen LogP contribution in [0.2, 0.25) is 0 Å². The molecule has 1 aromatic carbocycles. The van der Waals surface area contributed by atoms with Crippen LogP contribution in [0.3, 0.4) is 0 Å². The van der Waals surface area contributed by atoms with Gasteiger partial charge in [0, 0.05) is 19.2 Å². The van der Waals surface area contributed by atoms with Crippen molar-refractivity contribution in [1.29, 1.82) is 0 Å². The number of amides is 1. The van der Waals surface area contributed by atoms with Crippen molar-refractivity contribution in [3.8, 4) is 11.5 Å². The van der Waals surface area contributed by atoms with Crippen LogP contribution < -0.4 is 9.47 Å². The molecule has 2 aliphatic rings. The fourth-order valence-electron chi connectivity index (χ4n) is 3.15. The average molecular weight is 378 g/mol. The number of fused-ring (bicyclic) bond motifs is 1. The summed E-state index contributed by atoms with van der Waals surface area (Å²) >= 11 is 0. The second-order valence-corrected chi connectivity index (χ2v) is 6.83. The molecule has 9 nitrogen and oxygen atoms in total. The van der Waals surface area contributed by atoms with E-state index in [1.54, 1.807) is 4.90 Å². The first-order chi connectivity index (χ1) is 12.9. The molecule has 27 heavy (non-hydrogen) atoms. The molecule has 9 heteroatoms. The molecule has 0 aromatic heterocycles. The van der Waals surface area contributed by atoms with Gasteiger partial charge in [-0.3, -0.25) is 14.9 Å². The number of ether oxygens (including phenoxy) is 3. The number of benzene rings is 1. The molecule has 1 aromatic rings. The number of nitro benzene ring substituents is 1. The van der Waals surface area contributed by atoms with Gasteiger partial charge in [0.2, 0.25) is 0 Å². The fraction of sp³-hybridized carbons (Fsp3) is 0.556. The summed E-state index contributed by atoms with van der Waals surface area (Å²) in [6.07, 6.45) is 0.777. The Morgan fingerprint density at radius 1 is 1.22 bits per heavy atom. The van der Waals surface area contributed by atoms with Gasteiger partial charge in [-0.1, -0.05) is 6.92 Å². The summed E-state index contributed by atoms with van der Waals surface area (Å²) < 4.78 is 15.9. The zero-order valence-corrected chi connectivity index (χ0v) is 15.3. The van der Waals surface area contributed by atoms with Crippen LogP contribution in [0.15, 0.2) is 12.1 Å². The van der Waals surface area contributed by atoms with Crippen LogP contribution >= 0.6 is 0 Å². The first-order valence-electron chi connectivity index (χ1n) is 8.94. The summed E-state index contributed by atoms with van der Waals surface area (Å²) in [5, 5.41) is 11.3. The van der Waals surface area contributed by atoms with Gasteiger partial charge >= 0.3 is 5.97 Å². The Bertz CT molecular complexity index is 756. The predicted molar refractivity (Wildman–Crippen MR) is 93.9 cm³/mol. The minimum atomic E-state index is -1.03. The molecule has 1 atom stereocenters. The number of rotatable bonds is 4. The zero-order chi connectivity index (χ0) is 19.6. The molecule has 0 aliphatic carbocycles.